The highest BCUT2D eigenvalue weighted by Crippen LogP contribution is 2.49. The summed E-state index contributed by atoms with van der Waals surface area (Å²) in [4.78, 5) is 26.3. The van der Waals surface area contributed by atoms with E-state index in [9.17, 15) is 14.9 Å². The Morgan fingerprint density at radius 2 is 1.62 bits per heavy atom. The Morgan fingerprint density at radius 3 is 2.31 bits per heavy atom. The van der Waals surface area contributed by atoms with E-state index in [0.29, 0.717) is 16.3 Å². The van der Waals surface area contributed by atoms with Crippen molar-refractivity contribution in [2.45, 2.75) is 18.1 Å². The predicted octanol–water partition coefficient (Wildman–Crippen LogP) is 4.93. The van der Waals surface area contributed by atoms with Crippen LogP contribution >= 0.6 is 27.5 Å². The number of amides is 1. The molecule has 1 amide bonds. The second kappa shape index (κ2) is 8.29. The lowest BCUT2D eigenvalue weighted by atomic mass is 9.83. The van der Waals surface area contributed by atoms with Crippen LogP contribution in [-0.4, -0.2) is 16.9 Å². The minimum absolute atomic E-state index is 0.00596. The van der Waals surface area contributed by atoms with Gasteiger partial charge in [0.2, 0.25) is 5.91 Å². The van der Waals surface area contributed by atoms with Gasteiger partial charge in [0.15, 0.2) is 0 Å². The lowest BCUT2D eigenvalue weighted by Crippen LogP contribution is -2.41. The summed E-state index contributed by atoms with van der Waals surface area (Å²) in [5, 5.41) is 12.0. The Balaban J connectivity index is 1.64. The fraction of sp³-hybridized carbons (Fsp3) is 0.174. The molecule has 0 radical (unpaired) electrons. The van der Waals surface area contributed by atoms with E-state index in [4.69, 9.17) is 11.6 Å². The van der Waals surface area contributed by atoms with Crippen LogP contribution in [0.25, 0.3) is 0 Å². The molecule has 0 aliphatic carbocycles. The van der Waals surface area contributed by atoms with E-state index in [2.05, 4.69) is 26.8 Å². The lowest BCUT2D eigenvalue weighted by Gasteiger charge is -2.31. The number of rotatable bonds is 4. The molecular weight excluding hydrogens is 496 g/mol. The third kappa shape index (κ3) is 3.59. The summed E-state index contributed by atoms with van der Waals surface area (Å²) < 4.78 is 0.962. The third-order valence-electron chi connectivity index (χ3n) is 6.07. The number of nitrogens with zero attached hydrogens (tertiary/aromatic N) is 2. The van der Waals surface area contributed by atoms with E-state index >= 15 is 0 Å². The zero-order valence-corrected chi connectivity index (χ0v) is 19.0. The fourth-order valence-electron chi connectivity index (χ4n) is 4.67. The summed E-state index contributed by atoms with van der Waals surface area (Å²) >= 11 is 9.53. The number of nitro benzene ring substituents is 1. The number of hydrogen-bond acceptors (Lipinski definition) is 5. The summed E-state index contributed by atoms with van der Waals surface area (Å²) in [6.07, 6.45) is 0. The van der Waals surface area contributed by atoms with Crippen LogP contribution in [0.5, 0.6) is 0 Å². The zero-order valence-electron chi connectivity index (χ0n) is 16.6. The molecule has 9 heteroatoms. The number of hydrazine groups is 1. The van der Waals surface area contributed by atoms with Gasteiger partial charge in [0.05, 0.1) is 17.0 Å². The smallest absolute Gasteiger partial charge is 0.269 e. The number of fused-ring (bicyclic) bond motifs is 1. The van der Waals surface area contributed by atoms with Crippen molar-refractivity contribution < 1.29 is 9.72 Å². The predicted molar refractivity (Wildman–Crippen MR) is 125 cm³/mol. The van der Waals surface area contributed by atoms with Gasteiger partial charge in [-0.1, -0.05) is 51.8 Å². The SMILES string of the molecule is O=C1C2NNC(c3ccc(Br)cc3)C2C(c2cccc([N+](=O)[O-])c2)N1c1ccc(Cl)cc1. The number of nitro groups is 1. The normalized spacial score (nSPS) is 24.6. The Bertz CT molecular complexity index is 1190. The van der Waals surface area contributed by atoms with E-state index in [0.717, 1.165) is 10.0 Å². The van der Waals surface area contributed by atoms with Crippen molar-refractivity contribution in [1.29, 1.82) is 0 Å². The second-order valence-corrected chi connectivity index (χ2v) is 9.21. The van der Waals surface area contributed by atoms with Crippen LogP contribution in [0.3, 0.4) is 0 Å². The van der Waals surface area contributed by atoms with Gasteiger partial charge in [-0.25, -0.2) is 10.9 Å². The highest BCUT2D eigenvalue weighted by molar-refractivity contribution is 9.10. The maximum Gasteiger partial charge on any atom is 0.269 e. The Labute approximate surface area is 197 Å². The minimum atomic E-state index is -0.483. The summed E-state index contributed by atoms with van der Waals surface area (Å²) in [7, 11) is 0. The van der Waals surface area contributed by atoms with Crippen molar-refractivity contribution in [3.05, 3.63) is 104 Å². The lowest BCUT2D eigenvalue weighted by molar-refractivity contribution is -0.384. The first-order chi connectivity index (χ1) is 15.4. The van der Waals surface area contributed by atoms with Crippen LogP contribution in [0.4, 0.5) is 11.4 Å². The molecule has 0 bridgehead atoms. The van der Waals surface area contributed by atoms with Gasteiger partial charge in [-0.05, 0) is 47.5 Å². The minimum Gasteiger partial charge on any atom is -0.303 e. The first-order valence-electron chi connectivity index (χ1n) is 10.0. The molecule has 4 unspecified atom stereocenters. The van der Waals surface area contributed by atoms with Crippen LogP contribution in [0.15, 0.2) is 77.3 Å². The van der Waals surface area contributed by atoms with Gasteiger partial charge in [0, 0.05) is 33.2 Å². The molecular formula is C23H18BrClN4O3. The molecule has 3 aromatic carbocycles. The Morgan fingerprint density at radius 1 is 0.938 bits per heavy atom. The van der Waals surface area contributed by atoms with Gasteiger partial charge in [0.1, 0.15) is 6.04 Å². The highest BCUT2D eigenvalue weighted by Gasteiger charge is 2.56. The van der Waals surface area contributed by atoms with E-state index in [1.165, 1.54) is 6.07 Å². The molecule has 2 aliphatic rings. The van der Waals surface area contributed by atoms with Gasteiger partial charge < -0.3 is 4.90 Å². The van der Waals surface area contributed by atoms with E-state index in [1.54, 1.807) is 41.3 Å². The third-order valence-corrected chi connectivity index (χ3v) is 6.85. The molecule has 162 valence electrons. The van der Waals surface area contributed by atoms with Gasteiger partial charge in [-0.3, -0.25) is 14.9 Å². The molecule has 5 rings (SSSR count). The number of benzene rings is 3. The highest BCUT2D eigenvalue weighted by atomic mass is 79.9. The molecule has 4 atom stereocenters. The summed E-state index contributed by atoms with van der Waals surface area (Å²) in [5.41, 5.74) is 8.87. The number of anilines is 1. The van der Waals surface area contributed by atoms with Gasteiger partial charge >= 0.3 is 0 Å². The molecule has 2 aliphatic heterocycles. The van der Waals surface area contributed by atoms with Crippen LogP contribution in [-0.2, 0) is 4.79 Å². The number of carbonyl (C=O) groups excluding carboxylic acids is 1. The number of halogens is 2. The maximum atomic E-state index is 13.6. The molecule has 0 saturated carbocycles. The van der Waals surface area contributed by atoms with Crippen LogP contribution in [0, 0.1) is 16.0 Å². The van der Waals surface area contributed by atoms with Crippen molar-refractivity contribution in [2.75, 3.05) is 4.90 Å². The number of nitrogens with one attached hydrogen (secondary N) is 2. The van der Waals surface area contributed by atoms with E-state index in [-0.39, 0.29) is 23.6 Å². The van der Waals surface area contributed by atoms with Gasteiger partial charge in [-0.2, -0.15) is 0 Å². The van der Waals surface area contributed by atoms with Crippen molar-refractivity contribution in [2.24, 2.45) is 5.92 Å². The summed E-state index contributed by atoms with van der Waals surface area (Å²) in [6, 6.07) is 20.5. The zero-order chi connectivity index (χ0) is 22.4. The molecule has 0 spiro atoms. The van der Waals surface area contributed by atoms with Crippen molar-refractivity contribution in [3.63, 3.8) is 0 Å². The number of carbonyl (C=O) groups is 1. The maximum absolute atomic E-state index is 13.6. The van der Waals surface area contributed by atoms with Crippen LogP contribution in [0.2, 0.25) is 5.02 Å². The molecule has 0 aromatic heterocycles. The van der Waals surface area contributed by atoms with Gasteiger partial charge in [-0.15, -0.1) is 0 Å². The van der Waals surface area contributed by atoms with Crippen LogP contribution < -0.4 is 15.8 Å². The molecule has 2 N–H and O–H groups in total. The first-order valence-corrected chi connectivity index (χ1v) is 11.2. The Kier molecular flexibility index (Phi) is 5.46. The number of non-ortho nitro benzene ring substituents is 1. The van der Waals surface area contributed by atoms with Crippen molar-refractivity contribution >= 4 is 44.8 Å². The van der Waals surface area contributed by atoms with Crippen molar-refractivity contribution in [1.82, 2.24) is 10.9 Å². The topological polar surface area (TPSA) is 87.5 Å². The standard InChI is InChI=1S/C23H18BrClN4O3/c24-15-6-4-13(5-7-15)20-19-21(27-26-20)23(30)28(17-10-8-16(25)9-11-17)22(19)14-2-1-3-18(12-14)29(31)32/h1-12,19-22,26-27H. The van der Waals surface area contributed by atoms with E-state index in [1.807, 2.05) is 30.3 Å². The summed E-state index contributed by atoms with van der Waals surface area (Å²) in [6.45, 7) is 0. The average molecular weight is 514 g/mol. The molecule has 7 nitrogen and oxygen atoms in total. The second-order valence-electron chi connectivity index (χ2n) is 7.85. The quantitative estimate of drug-likeness (QED) is 0.381. The van der Waals surface area contributed by atoms with Crippen molar-refractivity contribution in [3.8, 4) is 0 Å². The molecule has 2 saturated heterocycles. The molecule has 2 heterocycles. The van der Waals surface area contributed by atoms with E-state index < -0.39 is 17.0 Å². The van der Waals surface area contributed by atoms with Crippen LogP contribution in [0.1, 0.15) is 23.2 Å². The monoisotopic (exact) mass is 512 g/mol. The average Bonchev–Trinajstić information content (AvgIpc) is 3.34. The molecule has 2 fully saturated rings. The first kappa shape index (κ1) is 21.1. The Hall–Kier alpha value is -2.78. The fourth-order valence-corrected chi connectivity index (χ4v) is 5.06. The number of hydrogen-bond donors (Lipinski definition) is 2. The molecule has 32 heavy (non-hydrogen) atoms. The van der Waals surface area contributed by atoms with Gasteiger partial charge in [0.25, 0.3) is 5.69 Å². The molecule has 3 aromatic rings. The largest absolute Gasteiger partial charge is 0.303 e. The summed E-state index contributed by atoms with van der Waals surface area (Å²) in [5.74, 6) is -0.290.